The molecular weight excluding hydrogens is 170 g/mol. The first kappa shape index (κ1) is 7.61. The van der Waals surface area contributed by atoms with Crippen molar-refractivity contribution >= 4 is 21.7 Å². The number of hydrogen-bond donors (Lipinski definition) is 0. The van der Waals surface area contributed by atoms with Crippen LogP contribution in [0, 0.1) is 0 Å². The molecule has 2 heterocycles. The Bertz CT molecular complexity index is 394. The molecule has 0 aliphatic carbocycles. The summed E-state index contributed by atoms with van der Waals surface area (Å²) < 4.78 is 4.04. The summed E-state index contributed by atoms with van der Waals surface area (Å²) in [6, 6.07) is 0. The molecule has 0 fully saturated rings. The number of rotatable bonds is 1. The van der Waals surface area contributed by atoms with Gasteiger partial charge in [-0.1, -0.05) is 13.8 Å². The van der Waals surface area contributed by atoms with E-state index in [4.69, 9.17) is 0 Å². The highest BCUT2D eigenvalue weighted by atomic mass is 32.1. The Labute approximate surface area is 74.6 Å². The Balaban J connectivity index is 2.60. The number of hydrogen-bond acceptors (Lipinski definition) is 4. The predicted molar refractivity (Wildman–Crippen MR) is 49.3 cm³/mol. The molecule has 0 bridgehead atoms. The molecule has 2 rings (SSSR count). The van der Waals surface area contributed by atoms with Gasteiger partial charge in [-0.3, -0.25) is 0 Å². The van der Waals surface area contributed by atoms with Gasteiger partial charge in [-0.05, 0) is 11.5 Å². The Kier molecular flexibility index (Phi) is 1.77. The molecule has 12 heavy (non-hydrogen) atoms. The Morgan fingerprint density at radius 1 is 1.33 bits per heavy atom. The molecule has 4 heteroatoms. The van der Waals surface area contributed by atoms with Crippen LogP contribution >= 0.6 is 11.5 Å². The summed E-state index contributed by atoms with van der Waals surface area (Å²) in [5, 5.41) is 1.03. The summed E-state index contributed by atoms with van der Waals surface area (Å²) in [6.07, 6.45) is 3.63. The van der Waals surface area contributed by atoms with Crippen molar-refractivity contribution < 1.29 is 0 Å². The van der Waals surface area contributed by atoms with Crippen molar-refractivity contribution in [2.45, 2.75) is 19.8 Å². The Morgan fingerprint density at radius 2 is 2.17 bits per heavy atom. The summed E-state index contributed by atoms with van der Waals surface area (Å²) in [6.45, 7) is 4.17. The van der Waals surface area contributed by atoms with Gasteiger partial charge < -0.3 is 0 Å². The van der Waals surface area contributed by atoms with E-state index in [1.54, 1.807) is 6.20 Å². The van der Waals surface area contributed by atoms with Crippen molar-refractivity contribution in [1.82, 2.24) is 14.3 Å². The van der Waals surface area contributed by atoms with Crippen LogP contribution in [0.3, 0.4) is 0 Å². The Hall–Kier alpha value is -1.03. The van der Waals surface area contributed by atoms with E-state index in [0.29, 0.717) is 5.92 Å². The number of fused-ring (bicyclic) bond motifs is 1. The lowest BCUT2D eigenvalue weighted by Gasteiger charge is -2.00. The maximum absolute atomic E-state index is 4.38. The molecule has 62 valence electrons. The van der Waals surface area contributed by atoms with Crippen LogP contribution in [0.25, 0.3) is 10.2 Å². The lowest BCUT2D eigenvalue weighted by Crippen LogP contribution is -1.95. The van der Waals surface area contributed by atoms with Crippen molar-refractivity contribution in [3.63, 3.8) is 0 Å². The molecular formula is C8H9N3S. The standard InChI is InChI=1S/C8H9N3S/c1-5(2)7-9-3-6-4-10-12-8(6)11-7/h3-5H,1-2H3. The number of aromatic nitrogens is 3. The maximum atomic E-state index is 4.38. The van der Waals surface area contributed by atoms with Crippen LogP contribution in [0.1, 0.15) is 25.6 Å². The van der Waals surface area contributed by atoms with E-state index in [2.05, 4.69) is 28.2 Å². The van der Waals surface area contributed by atoms with E-state index < -0.39 is 0 Å². The average molecular weight is 179 g/mol. The molecule has 0 spiro atoms. The normalized spacial score (nSPS) is 11.2. The topological polar surface area (TPSA) is 38.7 Å². The molecule has 0 unspecified atom stereocenters. The van der Waals surface area contributed by atoms with Crippen LogP contribution < -0.4 is 0 Å². The summed E-state index contributed by atoms with van der Waals surface area (Å²) in [7, 11) is 0. The van der Waals surface area contributed by atoms with E-state index in [-0.39, 0.29) is 0 Å². The van der Waals surface area contributed by atoms with Crippen LogP contribution in [-0.2, 0) is 0 Å². The fraction of sp³-hybridized carbons (Fsp3) is 0.375. The van der Waals surface area contributed by atoms with Crippen LogP contribution in [0.15, 0.2) is 12.4 Å². The lowest BCUT2D eigenvalue weighted by atomic mass is 10.2. The highest BCUT2D eigenvalue weighted by Gasteiger charge is 2.04. The van der Waals surface area contributed by atoms with Gasteiger partial charge in [-0.2, -0.15) is 4.37 Å². The molecule has 0 saturated carbocycles. The smallest absolute Gasteiger partial charge is 0.147 e. The second-order valence-corrected chi connectivity index (χ2v) is 3.75. The van der Waals surface area contributed by atoms with Crippen molar-refractivity contribution in [1.29, 1.82) is 0 Å². The first-order valence-corrected chi connectivity index (χ1v) is 4.62. The number of nitrogens with zero attached hydrogens (tertiary/aromatic N) is 3. The zero-order valence-electron chi connectivity index (χ0n) is 6.98. The maximum Gasteiger partial charge on any atom is 0.147 e. The minimum absolute atomic E-state index is 0.386. The van der Waals surface area contributed by atoms with Gasteiger partial charge >= 0.3 is 0 Å². The molecule has 0 N–H and O–H groups in total. The molecule has 0 atom stereocenters. The SMILES string of the molecule is CC(C)c1ncc2cnsc2n1. The van der Waals surface area contributed by atoms with Gasteiger partial charge in [0.1, 0.15) is 10.7 Å². The highest BCUT2D eigenvalue weighted by molar-refractivity contribution is 7.12. The zero-order valence-corrected chi connectivity index (χ0v) is 7.80. The van der Waals surface area contributed by atoms with Gasteiger partial charge in [0.05, 0.1) is 6.20 Å². The third-order valence-corrected chi connectivity index (χ3v) is 2.36. The summed E-state index contributed by atoms with van der Waals surface area (Å²) >= 11 is 1.42. The quantitative estimate of drug-likeness (QED) is 0.673. The van der Waals surface area contributed by atoms with Crippen molar-refractivity contribution in [3.05, 3.63) is 18.2 Å². The van der Waals surface area contributed by atoms with E-state index in [9.17, 15) is 0 Å². The fourth-order valence-electron chi connectivity index (χ4n) is 0.961. The molecule has 0 amide bonds. The molecule has 0 aliphatic rings. The summed E-state index contributed by atoms with van der Waals surface area (Å²) in [5.41, 5.74) is 0. The zero-order chi connectivity index (χ0) is 8.55. The second kappa shape index (κ2) is 2.79. The van der Waals surface area contributed by atoms with Gasteiger partial charge in [0.15, 0.2) is 0 Å². The van der Waals surface area contributed by atoms with Crippen molar-refractivity contribution in [3.8, 4) is 0 Å². The minimum atomic E-state index is 0.386. The largest absolute Gasteiger partial charge is 0.240 e. The van der Waals surface area contributed by atoms with Gasteiger partial charge in [0, 0.05) is 17.5 Å². The molecule has 3 nitrogen and oxygen atoms in total. The minimum Gasteiger partial charge on any atom is -0.240 e. The molecule has 0 saturated heterocycles. The van der Waals surface area contributed by atoms with Gasteiger partial charge in [0.25, 0.3) is 0 Å². The molecule has 0 radical (unpaired) electrons. The highest BCUT2D eigenvalue weighted by Crippen LogP contribution is 2.17. The average Bonchev–Trinajstić information content (AvgIpc) is 2.49. The summed E-state index contributed by atoms with van der Waals surface area (Å²) in [5.74, 6) is 1.28. The molecule has 2 aromatic rings. The summed E-state index contributed by atoms with van der Waals surface area (Å²) in [4.78, 5) is 9.59. The van der Waals surface area contributed by atoms with Crippen molar-refractivity contribution in [2.75, 3.05) is 0 Å². The molecule has 2 aromatic heterocycles. The van der Waals surface area contributed by atoms with Crippen LogP contribution in [-0.4, -0.2) is 14.3 Å². The van der Waals surface area contributed by atoms with E-state index in [0.717, 1.165) is 16.0 Å². The van der Waals surface area contributed by atoms with Crippen LogP contribution in [0.5, 0.6) is 0 Å². The van der Waals surface area contributed by atoms with Crippen LogP contribution in [0.2, 0.25) is 0 Å². The Morgan fingerprint density at radius 3 is 2.92 bits per heavy atom. The van der Waals surface area contributed by atoms with Gasteiger partial charge in [-0.15, -0.1) is 0 Å². The fourth-order valence-corrected chi connectivity index (χ4v) is 1.57. The third kappa shape index (κ3) is 1.18. The lowest BCUT2D eigenvalue weighted by molar-refractivity contribution is 0.784. The van der Waals surface area contributed by atoms with Gasteiger partial charge in [0.2, 0.25) is 0 Å². The molecule has 0 aromatic carbocycles. The van der Waals surface area contributed by atoms with Gasteiger partial charge in [-0.25, -0.2) is 9.97 Å². The molecule has 0 aliphatic heterocycles. The second-order valence-electron chi connectivity index (χ2n) is 2.97. The van der Waals surface area contributed by atoms with E-state index in [1.807, 2.05) is 6.20 Å². The van der Waals surface area contributed by atoms with E-state index >= 15 is 0 Å². The van der Waals surface area contributed by atoms with Crippen LogP contribution in [0.4, 0.5) is 0 Å². The van der Waals surface area contributed by atoms with Crippen molar-refractivity contribution in [2.24, 2.45) is 0 Å². The first-order valence-electron chi connectivity index (χ1n) is 3.84. The monoisotopic (exact) mass is 179 g/mol. The third-order valence-electron chi connectivity index (χ3n) is 1.65. The van der Waals surface area contributed by atoms with E-state index in [1.165, 1.54) is 11.5 Å². The first-order chi connectivity index (χ1) is 5.77. The predicted octanol–water partition coefficient (Wildman–Crippen LogP) is 2.21.